The first-order valence-corrected chi connectivity index (χ1v) is 5.55. The zero-order valence-electron chi connectivity index (χ0n) is 8.09. The van der Waals surface area contributed by atoms with Crippen LogP contribution in [-0.2, 0) is 6.54 Å². The first-order valence-electron chi connectivity index (χ1n) is 4.76. The second-order valence-corrected chi connectivity index (χ2v) is 4.70. The highest BCUT2D eigenvalue weighted by Crippen LogP contribution is 2.27. The number of pyridine rings is 1. The van der Waals surface area contributed by atoms with Crippen LogP contribution in [0.4, 0.5) is 8.78 Å². The Kier molecular flexibility index (Phi) is 3.02. The summed E-state index contributed by atoms with van der Waals surface area (Å²) in [6.45, 7) is 0.789. The third kappa shape index (κ3) is 2.95. The molecule has 0 atom stereocenters. The Hall–Kier alpha value is -0.550. The van der Waals surface area contributed by atoms with E-state index in [1.165, 1.54) is 0 Å². The summed E-state index contributed by atoms with van der Waals surface area (Å²) in [5.74, 6) is -2.52. The molecule has 0 spiro atoms. The lowest BCUT2D eigenvalue weighted by Crippen LogP contribution is -2.25. The van der Waals surface area contributed by atoms with Gasteiger partial charge in [0.1, 0.15) is 0 Å². The molecule has 15 heavy (non-hydrogen) atoms. The number of rotatable bonds is 2. The minimum absolute atomic E-state index is 0.0407. The van der Waals surface area contributed by atoms with Gasteiger partial charge in [-0.25, -0.2) is 8.78 Å². The van der Waals surface area contributed by atoms with Gasteiger partial charge in [-0.2, -0.15) is 0 Å². The Morgan fingerprint density at radius 3 is 2.93 bits per heavy atom. The van der Waals surface area contributed by atoms with Gasteiger partial charge in [0.2, 0.25) is 0 Å². The highest BCUT2D eigenvalue weighted by Gasteiger charge is 2.37. The predicted octanol–water partition coefficient (Wildman–Crippen LogP) is 2.69. The average Bonchev–Trinajstić information content (AvgIpc) is 2.45. The molecule has 5 heteroatoms. The van der Waals surface area contributed by atoms with Crippen LogP contribution in [0.15, 0.2) is 22.8 Å². The fourth-order valence-electron chi connectivity index (χ4n) is 1.71. The van der Waals surface area contributed by atoms with Crippen molar-refractivity contribution >= 4 is 15.9 Å². The molecule has 0 bridgehead atoms. The molecule has 2 rings (SSSR count). The number of halogens is 3. The minimum Gasteiger partial charge on any atom is -0.291 e. The van der Waals surface area contributed by atoms with Gasteiger partial charge < -0.3 is 0 Å². The molecule has 82 valence electrons. The van der Waals surface area contributed by atoms with Gasteiger partial charge in [0.15, 0.2) is 0 Å². The number of hydrogen-bond acceptors (Lipinski definition) is 2. The number of hydrogen-bond donors (Lipinski definition) is 0. The molecule has 1 aromatic rings. The highest BCUT2D eigenvalue weighted by molar-refractivity contribution is 9.10. The molecule has 0 N–H and O–H groups in total. The second kappa shape index (κ2) is 4.14. The van der Waals surface area contributed by atoms with Crippen LogP contribution in [0.2, 0.25) is 0 Å². The van der Waals surface area contributed by atoms with Crippen LogP contribution >= 0.6 is 15.9 Å². The maximum atomic E-state index is 12.9. The van der Waals surface area contributed by atoms with Gasteiger partial charge in [0, 0.05) is 30.2 Å². The Morgan fingerprint density at radius 2 is 2.33 bits per heavy atom. The van der Waals surface area contributed by atoms with Gasteiger partial charge in [0.05, 0.1) is 12.2 Å². The Labute approximate surface area is 95.4 Å². The Morgan fingerprint density at radius 1 is 1.53 bits per heavy atom. The number of alkyl halides is 2. The summed E-state index contributed by atoms with van der Waals surface area (Å²) in [6, 6.07) is 3.68. The molecule has 1 aliphatic rings. The molecule has 0 saturated carbocycles. The van der Waals surface area contributed by atoms with Crippen LogP contribution in [0.25, 0.3) is 0 Å². The predicted molar refractivity (Wildman–Crippen MR) is 56.8 cm³/mol. The molecule has 1 aromatic heterocycles. The molecule has 1 fully saturated rings. The molecule has 1 aliphatic heterocycles. The number of aromatic nitrogens is 1. The van der Waals surface area contributed by atoms with E-state index in [9.17, 15) is 8.78 Å². The van der Waals surface area contributed by atoms with Crippen molar-refractivity contribution in [2.75, 3.05) is 13.1 Å². The maximum absolute atomic E-state index is 12.9. The quantitative estimate of drug-likeness (QED) is 0.826. The van der Waals surface area contributed by atoms with Gasteiger partial charge in [-0.3, -0.25) is 9.88 Å². The molecular weight excluding hydrogens is 266 g/mol. The highest BCUT2D eigenvalue weighted by atomic mass is 79.9. The molecule has 0 aliphatic carbocycles. The van der Waals surface area contributed by atoms with E-state index in [2.05, 4.69) is 20.9 Å². The minimum atomic E-state index is -2.52. The van der Waals surface area contributed by atoms with Crippen LogP contribution in [0.3, 0.4) is 0 Å². The van der Waals surface area contributed by atoms with E-state index < -0.39 is 5.92 Å². The fraction of sp³-hybridized carbons (Fsp3) is 0.500. The first kappa shape index (κ1) is 11.0. The van der Waals surface area contributed by atoms with Gasteiger partial charge in [-0.1, -0.05) is 15.9 Å². The summed E-state index contributed by atoms with van der Waals surface area (Å²) < 4.78 is 26.7. The molecule has 0 unspecified atom stereocenters. The summed E-state index contributed by atoms with van der Waals surface area (Å²) in [4.78, 5) is 5.87. The van der Waals surface area contributed by atoms with Crippen molar-refractivity contribution in [1.29, 1.82) is 0 Å². The molecule has 2 nitrogen and oxygen atoms in total. The van der Waals surface area contributed by atoms with Crippen LogP contribution in [0, 0.1) is 0 Å². The maximum Gasteiger partial charge on any atom is 0.261 e. The van der Waals surface area contributed by atoms with Gasteiger partial charge in [-0.15, -0.1) is 0 Å². The van der Waals surface area contributed by atoms with Crippen LogP contribution < -0.4 is 0 Å². The topological polar surface area (TPSA) is 16.1 Å². The standard InChI is InChI=1S/C10H11BrF2N2/c11-8-1-3-14-9(5-8)6-15-4-2-10(12,13)7-15/h1,3,5H,2,4,6-7H2. The summed E-state index contributed by atoms with van der Waals surface area (Å²) in [7, 11) is 0. The normalized spacial score (nSPS) is 20.7. The molecule has 1 saturated heterocycles. The third-order valence-corrected chi connectivity index (χ3v) is 2.91. The largest absolute Gasteiger partial charge is 0.291 e. The molecular formula is C10H11BrF2N2. The average molecular weight is 277 g/mol. The smallest absolute Gasteiger partial charge is 0.261 e. The lowest BCUT2D eigenvalue weighted by atomic mass is 10.3. The zero-order valence-corrected chi connectivity index (χ0v) is 9.67. The zero-order chi connectivity index (χ0) is 10.9. The van der Waals surface area contributed by atoms with Crippen LogP contribution in [-0.4, -0.2) is 28.9 Å². The van der Waals surface area contributed by atoms with E-state index in [-0.39, 0.29) is 13.0 Å². The van der Waals surface area contributed by atoms with Crippen molar-refractivity contribution in [3.05, 3.63) is 28.5 Å². The van der Waals surface area contributed by atoms with Gasteiger partial charge in [0.25, 0.3) is 5.92 Å². The summed E-state index contributed by atoms with van der Waals surface area (Å²) in [5.41, 5.74) is 0.821. The van der Waals surface area contributed by atoms with Crippen molar-refractivity contribution in [2.45, 2.75) is 18.9 Å². The first-order chi connectivity index (χ1) is 7.05. The van der Waals surface area contributed by atoms with Crippen LogP contribution in [0.5, 0.6) is 0 Å². The van der Waals surface area contributed by atoms with E-state index in [0.717, 1.165) is 10.2 Å². The molecule has 0 radical (unpaired) electrons. The molecule has 0 amide bonds. The van der Waals surface area contributed by atoms with E-state index in [4.69, 9.17) is 0 Å². The lowest BCUT2D eigenvalue weighted by molar-refractivity contribution is 0.0114. The second-order valence-electron chi connectivity index (χ2n) is 3.78. The Balaban J connectivity index is 1.99. The van der Waals surface area contributed by atoms with E-state index in [1.54, 1.807) is 11.1 Å². The van der Waals surface area contributed by atoms with Gasteiger partial charge in [-0.05, 0) is 12.1 Å². The monoisotopic (exact) mass is 276 g/mol. The van der Waals surface area contributed by atoms with Crippen molar-refractivity contribution in [3.63, 3.8) is 0 Å². The van der Waals surface area contributed by atoms with Crippen molar-refractivity contribution in [2.24, 2.45) is 0 Å². The Bertz CT molecular complexity index is 357. The van der Waals surface area contributed by atoms with Gasteiger partial charge >= 0.3 is 0 Å². The van der Waals surface area contributed by atoms with Crippen molar-refractivity contribution < 1.29 is 8.78 Å². The van der Waals surface area contributed by atoms with E-state index in [0.29, 0.717) is 13.1 Å². The fourth-order valence-corrected chi connectivity index (χ4v) is 2.09. The summed E-state index contributed by atoms with van der Waals surface area (Å²) >= 11 is 3.33. The molecule has 0 aromatic carbocycles. The van der Waals surface area contributed by atoms with E-state index in [1.807, 2.05) is 12.1 Å². The van der Waals surface area contributed by atoms with Crippen molar-refractivity contribution in [3.8, 4) is 0 Å². The SMILES string of the molecule is FC1(F)CCN(Cc2cc(Br)ccn2)C1. The number of nitrogens with zero attached hydrogens (tertiary/aromatic N) is 2. The lowest BCUT2D eigenvalue weighted by Gasteiger charge is -2.14. The van der Waals surface area contributed by atoms with Crippen LogP contribution in [0.1, 0.15) is 12.1 Å². The molecule has 2 heterocycles. The van der Waals surface area contributed by atoms with Crippen molar-refractivity contribution in [1.82, 2.24) is 9.88 Å². The summed E-state index contributed by atoms with van der Waals surface area (Å²) in [5, 5.41) is 0. The third-order valence-electron chi connectivity index (χ3n) is 2.41. The van der Waals surface area contributed by atoms with E-state index >= 15 is 0 Å². The number of likely N-dealkylation sites (tertiary alicyclic amines) is 1. The summed E-state index contributed by atoms with van der Waals surface area (Å²) in [6.07, 6.45) is 1.63.